The Labute approximate surface area is 82.9 Å². The van der Waals surface area contributed by atoms with Gasteiger partial charge in [-0.3, -0.25) is 4.79 Å². The molecule has 6 heteroatoms. The fourth-order valence-corrected chi connectivity index (χ4v) is 0.947. The van der Waals surface area contributed by atoms with Gasteiger partial charge in [-0.15, -0.1) is 0 Å². The molecule has 0 spiro atoms. The summed E-state index contributed by atoms with van der Waals surface area (Å²) in [5, 5.41) is 9.15. The molecule has 2 N–H and O–H groups in total. The van der Waals surface area contributed by atoms with E-state index in [1.807, 2.05) is 6.92 Å². The van der Waals surface area contributed by atoms with Gasteiger partial charge in [0.05, 0.1) is 0 Å². The van der Waals surface area contributed by atoms with Crippen molar-refractivity contribution in [1.29, 1.82) is 0 Å². The minimum absolute atomic E-state index is 0.0350. The summed E-state index contributed by atoms with van der Waals surface area (Å²) in [5.41, 5.74) is -0.415. The quantitative estimate of drug-likeness (QED) is 0.829. The number of nitrogens with zero attached hydrogens (tertiary/aromatic N) is 1. The molecular weight excluding hydrogens is 240 g/mol. The summed E-state index contributed by atoms with van der Waals surface area (Å²) in [6.07, 6.45) is 0. The van der Waals surface area contributed by atoms with Crippen molar-refractivity contribution in [2.75, 3.05) is 6.61 Å². The van der Waals surface area contributed by atoms with Crippen molar-refractivity contribution >= 4 is 15.9 Å². The summed E-state index contributed by atoms with van der Waals surface area (Å²) in [6.45, 7) is 2.55. The summed E-state index contributed by atoms with van der Waals surface area (Å²) in [4.78, 5) is 17.2. The minimum Gasteiger partial charge on any atom is -0.492 e. The molecule has 1 heterocycles. The van der Waals surface area contributed by atoms with Crippen LogP contribution in [-0.4, -0.2) is 21.7 Å². The van der Waals surface area contributed by atoms with Crippen molar-refractivity contribution in [3.8, 4) is 5.88 Å². The molecule has 72 valence electrons. The zero-order valence-corrected chi connectivity index (χ0v) is 8.59. The highest BCUT2D eigenvalue weighted by atomic mass is 79.9. The van der Waals surface area contributed by atoms with E-state index < -0.39 is 5.56 Å². The average molecular weight is 249 g/mol. The van der Waals surface area contributed by atoms with Crippen LogP contribution in [0.3, 0.4) is 0 Å². The molecule has 0 aliphatic carbocycles. The van der Waals surface area contributed by atoms with E-state index >= 15 is 0 Å². The Morgan fingerprint density at radius 3 is 2.92 bits per heavy atom. The van der Waals surface area contributed by atoms with Gasteiger partial charge in [0.2, 0.25) is 5.88 Å². The zero-order chi connectivity index (χ0) is 9.84. The number of hydrogen-bond acceptors (Lipinski definition) is 4. The number of ether oxygens (including phenoxy) is 1. The van der Waals surface area contributed by atoms with Crippen LogP contribution in [0.4, 0.5) is 0 Å². The fourth-order valence-electron chi connectivity index (χ4n) is 0.759. The van der Waals surface area contributed by atoms with Crippen LogP contribution in [0.25, 0.3) is 0 Å². The van der Waals surface area contributed by atoms with Crippen LogP contribution in [0, 0.1) is 0 Å². The SMILES string of the molecule is CCOCc1nc(O)c(Br)c(=O)[nH]1. The smallest absolute Gasteiger partial charge is 0.269 e. The minimum atomic E-state index is -0.415. The second-order valence-electron chi connectivity index (χ2n) is 2.29. The molecule has 0 aromatic carbocycles. The Hall–Kier alpha value is -0.880. The van der Waals surface area contributed by atoms with E-state index in [1.165, 1.54) is 0 Å². The zero-order valence-electron chi connectivity index (χ0n) is 7.00. The Bertz CT molecular complexity index is 350. The van der Waals surface area contributed by atoms with Gasteiger partial charge in [0.15, 0.2) is 0 Å². The lowest BCUT2D eigenvalue weighted by atomic mass is 10.5. The third kappa shape index (κ3) is 2.53. The summed E-state index contributed by atoms with van der Waals surface area (Å²) in [7, 11) is 0. The Morgan fingerprint density at radius 2 is 2.38 bits per heavy atom. The highest BCUT2D eigenvalue weighted by Crippen LogP contribution is 2.14. The monoisotopic (exact) mass is 248 g/mol. The van der Waals surface area contributed by atoms with Crippen molar-refractivity contribution in [1.82, 2.24) is 9.97 Å². The topological polar surface area (TPSA) is 75.2 Å². The third-order valence-corrected chi connectivity index (χ3v) is 2.05. The van der Waals surface area contributed by atoms with Gasteiger partial charge >= 0.3 is 0 Å². The molecule has 0 aliphatic rings. The van der Waals surface area contributed by atoms with Gasteiger partial charge < -0.3 is 14.8 Å². The van der Waals surface area contributed by atoms with E-state index in [0.29, 0.717) is 12.4 Å². The standard InChI is InChI=1S/C7H9BrN2O3/c1-2-13-3-4-9-6(11)5(8)7(12)10-4/h2-3H2,1H3,(H2,9,10,11,12). The van der Waals surface area contributed by atoms with E-state index in [4.69, 9.17) is 9.84 Å². The molecule has 1 aromatic heterocycles. The van der Waals surface area contributed by atoms with Crippen LogP contribution in [0.1, 0.15) is 12.7 Å². The number of aromatic amines is 1. The molecule has 0 radical (unpaired) electrons. The maximum atomic E-state index is 11.1. The number of aromatic hydroxyl groups is 1. The van der Waals surface area contributed by atoms with Crippen LogP contribution in [0.2, 0.25) is 0 Å². The molecule has 1 aromatic rings. The summed E-state index contributed by atoms with van der Waals surface area (Å²) < 4.78 is 5.05. The molecule has 1 rings (SSSR count). The number of nitrogens with one attached hydrogen (secondary N) is 1. The molecule has 13 heavy (non-hydrogen) atoms. The first kappa shape index (κ1) is 10.2. The highest BCUT2D eigenvalue weighted by Gasteiger charge is 2.06. The first-order chi connectivity index (χ1) is 6.15. The van der Waals surface area contributed by atoms with Gasteiger partial charge in [0, 0.05) is 6.61 Å². The normalized spacial score (nSPS) is 10.3. The van der Waals surface area contributed by atoms with Crippen molar-refractivity contribution < 1.29 is 9.84 Å². The molecule has 0 fully saturated rings. The predicted molar refractivity (Wildman–Crippen MR) is 49.6 cm³/mol. The maximum absolute atomic E-state index is 11.1. The first-order valence-electron chi connectivity index (χ1n) is 3.70. The molecule has 0 saturated carbocycles. The third-order valence-electron chi connectivity index (χ3n) is 1.34. The van der Waals surface area contributed by atoms with Crippen LogP contribution in [0.5, 0.6) is 5.88 Å². The predicted octanol–water partition coefficient (Wildman–Crippen LogP) is 0.774. The van der Waals surface area contributed by atoms with E-state index in [1.54, 1.807) is 0 Å². The van der Waals surface area contributed by atoms with Gasteiger partial charge in [-0.2, -0.15) is 4.98 Å². The lowest BCUT2D eigenvalue weighted by Crippen LogP contribution is -2.12. The first-order valence-corrected chi connectivity index (χ1v) is 4.49. The van der Waals surface area contributed by atoms with Crippen LogP contribution in [-0.2, 0) is 11.3 Å². The van der Waals surface area contributed by atoms with E-state index in [9.17, 15) is 4.79 Å². The van der Waals surface area contributed by atoms with Crippen LogP contribution in [0.15, 0.2) is 9.27 Å². The lowest BCUT2D eigenvalue weighted by molar-refractivity contribution is 0.127. The largest absolute Gasteiger partial charge is 0.492 e. The summed E-state index contributed by atoms with van der Waals surface area (Å²) in [6, 6.07) is 0. The van der Waals surface area contributed by atoms with Gasteiger partial charge in [-0.1, -0.05) is 0 Å². The van der Waals surface area contributed by atoms with Crippen molar-refractivity contribution in [2.24, 2.45) is 0 Å². The molecule has 0 atom stereocenters. The molecule has 0 amide bonds. The van der Waals surface area contributed by atoms with Crippen LogP contribution < -0.4 is 5.56 Å². The average Bonchev–Trinajstić information content (AvgIpc) is 2.10. The van der Waals surface area contributed by atoms with Gasteiger partial charge in [0.1, 0.15) is 16.9 Å². The second kappa shape index (κ2) is 4.38. The molecule has 0 saturated heterocycles. The molecule has 0 unspecified atom stereocenters. The second-order valence-corrected chi connectivity index (χ2v) is 3.08. The highest BCUT2D eigenvalue weighted by molar-refractivity contribution is 9.10. The van der Waals surface area contributed by atoms with Gasteiger partial charge in [-0.25, -0.2) is 0 Å². The van der Waals surface area contributed by atoms with E-state index in [-0.39, 0.29) is 17.0 Å². The summed E-state index contributed by atoms with van der Waals surface area (Å²) >= 11 is 2.88. The van der Waals surface area contributed by atoms with E-state index in [0.717, 1.165) is 0 Å². The molecule has 5 nitrogen and oxygen atoms in total. The van der Waals surface area contributed by atoms with Gasteiger partial charge in [0.25, 0.3) is 5.56 Å². The fraction of sp³-hybridized carbons (Fsp3) is 0.429. The maximum Gasteiger partial charge on any atom is 0.269 e. The number of aromatic nitrogens is 2. The van der Waals surface area contributed by atoms with Crippen molar-refractivity contribution in [2.45, 2.75) is 13.5 Å². The van der Waals surface area contributed by atoms with Gasteiger partial charge in [-0.05, 0) is 22.9 Å². The lowest BCUT2D eigenvalue weighted by Gasteiger charge is -2.01. The van der Waals surface area contributed by atoms with Crippen molar-refractivity contribution in [3.05, 3.63) is 20.7 Å². The Morgan fingerprint density at radius 1 is 1.69 bits per heavy atom. The number of H-pyrrole nitrogens is 1. The van der Waals surface area contributed by atoms with Crippen molar-refractivity contribution in [3.63, 3.8) is 0 Å². The molecule has 0 aliphatic heterocycles. The Kier molecular flexibility index (Phi) is 3.44. The molecule has 0 bridgehead atoms. The number of rotatable bonds is 3. The Balaban J connectivity index is 2.93. The number of halogens is 1. The number of hydrogen-bond donors (Lipinski definition) is 2. The molecular formula is C7H9BrN2O3. The van der Waals surface area contributed by atoms with E-state index in [2.05, 4.69) is 25.9 Å². The summed E-state index contributed by atoms with van der Waals surface area (Å²) in [5.74, 6) is -0.00833. The van der Waals surface area contributed by atoms with Crippen LogP contribution >= 0.6 is 15.9 Å².